The maximum atomic E-state index is 12.3. The number of likely N-dealkylation sites (tertiary alicyclic amines) is 2. The zero-order valence-electron chi connectivity index (χ0n) is 26.1. The summed E-state index contributed by atoms with van der Waals surface area (Å²) >= 11 is 1.88. The molecule has 43 heavy (non-hydrogen) atoms. The molecule has 9 nitrogen and oxygen atoms in total. The lowest BCUT2D eigenvalue weighted by Crippen LogP contribution is -2.58. The molecule has 3 N–H and O–H groups in total. The fraction of sp³-hybridized carbons (Fsp3) is 0.485. The molecule has 0 saturated carbocycles. The van der Waals surface area contributed by atoms with Crippen molar-refractivity contribution in [1.82, 2.24) is 24.8 Å². The van der Waals surface area contributed by atoms with Crippen molar-refractivity contribution in [2.45, 2.75) is 77.3 Å². The number of hydrogen-bond donors (Lipinski definition) is 2. The fourth-order valence-electron chi connectivity index (χ4n) is 6.52. The number of benzene rings is 1. The molecular formula is C33H43N7O2S. The number of carbonyl (C=O) groups is 2. The summed E-state index contributed by atoms with van der Waals surface area (Å²) in [5, 5.41) is 5.32. The van der Waals surface area contributed by atoms with Gasteiger partial charge in [-0.05, 0) is 84.5 Å². The van der Waals surface area contributed by atoms with Gasteiger partial charge in [0.25, 0.3) is 0 Å². The van der Waals surface area contributed by atoms with Crippen LogP contribution < -0.4 is 11.1 Å². The van der Waals surface area contributed by atoms with Crippen molar-refractivity contribution < 1.29 is 9.59 Å². The van der Waals surface area contributed by atoms with Crippen LogP contribution in [-0.2, 0) is 9.59 Å². The number of nitrogen functional groups attached to an aromatic ring is 1. The molecule has 5 heterocycles. The SMILES string of the molecule is CC1CCCN(C(=O)C(=O)Nc2cncc3c(N)nccc23)C1.CN1C(C)(C)CC(c2nc3ccccc3s2)CC1(C)C. The molecule has 1 aromatic carbocycles. The molecule has 2 fully saturated rings. The Balaban J connectivity index is 0.000000173. The van der Waals surface area contributed by atoms with Gasteiger partial charge in [0.1, 0.15) is 5.82 Å². The number of carbonyl (C=O) groups excluding carboxylic acids is 2. The summed E-state index contributed by atoms with van der Waals surface area (Å²) in [4.78, 5) is 41.7. The van der Waals surface area contributed by atoms with Crippen LogP contribution in [0.25, 0.3) is 21.0 Å². The van der Waals surface area contributed by atoms with Crippen molar-refractivity contribution in [3.05, 3.63) is 53.9 Å². The first-order valence-electron chi connectivity index (χ1n) is 15.0. The number of nitrogens with zero attached hydrogens (tertiary/aromatic N) is 5. The molecule has 2 amide bonds. The van der Waals surface area contributed by atoms with Crippen molar-refractivity contribution in [3.63, 3.8) is 0 Å². The minimum atomic E-state index is -0.649. The normalized spacial score (nSPS) is 20.4. The Bertz CT molecular complexity index is 1580. The number of anilines is 2. The average molecular weight is 602 g/mol. The van der Waals surface area contributed by atoms with Crippen molar-refractivity contribution in [3.8, 4) is 0 Å². The number of nitrogens with two attached hydrogens (primary N) is 1. The zero-order valence-corrected chi connectivity index (χ0v) is 26.9. The lowest BCUT2D eigenvalue weighted by atomic mass is 9.74. The Kier molecular flexibility index (Phi) is 8.72. The van der Waals surface area contributed by atoms with E-state index < -0.39 is 11.8 Å². The summed E-state index contributed by atoms with van der Waals surface area (Å²) in [5.41, 5.74) is 7.87. The number of hydrogen-bond acceptors (Lipinski definition) is 8. The third-order valence-corrected chi connectivity index (χ3v) is 10.3. The summed E-state index contributed by atoms with van der Waals surface area (Å²) in [7, 11) is 2.26. The van der Waals surface area contributed by atoms with Crippen LogP contribution in [0.15, 0.2) is 48.9 Å². The molecule has 228 valence electrons. The number of para-hydroxylation sites is 1. The predicted octanol–water partition coefficient (Wildman–Crippen LogP) is 6.07. The van der Waals surface area contributed by atoms with E-state index in [-0.39, 0.29) is 11.1 Å². The average Bonchev–Trinajstić information content (AvgIpc) is 3.41. The molecule has 10 heteroatoms. The van der Waals surface area contributed by atoms with Gasteiger partial charge in [0, 0.05) is 53.3 Å². The monoisotopic (exact) mass is 601 g/mol. The lowest BCUT2D eigenvalue weighted by Gasteiger charge is -2.53. The Labute approximate surface area is 257 Å². The van der Waals surface area contributed by atoms with Crippen LogP contribution in [0.4, 0.5) is 11.5 Å². The minimum Gasteiger partial charge on any atom is -0.383 e. The molecule has 4 aromatic rings. The summed E-state index contributed by atoms with van der Waals surface area (Å²) < 4.78 is 1.32. The van der Waals surface area contributed by atoms with Crippen LogP contribution in [0.1, 0.15) is 71.2 Å². The first-order valence-corrected chi connectivity index (χ1v) is 15.9. The molecule has 0 radical (unpaired) electrons. The second kappa shape index (κ2) is 12.2. The molecule has 3 aromatic heterocycles. The number of rotatable bonds is 2. The molecule has 0 bridgehead atoms. The summed E-state index contributed by atoms with van der Waals surface area (Å²) in [6.45, 7) is 12.8. The maximum Gasteiger partial charge on any atom is 0.313 e. The second-order valence-electron chi connectivity index (χ2n) is 13.2. The number of nitrogens with one attached hydrogen (secondary N) is 1. The highest BCUT2D eigenvalue weighted by molar-refractivity contribution is 7.18. The van der Waals surface area contributed by atoms with Crippen molar-refractivity contribution in [1.29, 1.82) is 0 Å². The van der Waals surface area contributed by atoms with Crippen molar-refractivity contribution in [2.75, 3.05) is 31.2 Å². The van der Waals surface area contributed by atoms with E-state index in [0.717, 1.165) is 18.4 Å². The van der Waals surface area contributed by atoms with E-state index in [1.54, 1.807) is 23.4 Å². The Morgan fingerprint density at radius 1 is 1.05 bits per heavy atom. The minimum absolute atomic E-state index is 0.226. The Morgan fingerprint density at radius 2 is 1.77 bits per heavy atom. The molecule has 6 rings (SSSR count). The smallest absolute Gasteiger partial charge is 0.313 e. The summed E-state index contributed by atoms with van der Waals surface area (Å²) in [6, 6.07) is 10.2. The predicted molar refractivity (Wildman–Crippen MR) is 175 cm³/mol. The van der Waals surface area contributed by atoms with E-state index in [9.17, 15) is 9.59 Å². The fourth-order valence-corrected chi connectivity index (χ4v) is 7.59. The first kappa shape index (κ1) is 30.8. The van der Waals surface area contributed by atoms with Crippen molar-refractivity contribution >= 4 is 55.6 Å². The second-order valence-corrected chi connectivity index (χ2v) is 14.3. The van der Waals surface area contributed by atoms with Crippen molar-refractivity contribution in [2.24, 2.45) is 5.92 Å². The van der Waals surface area contributed by atoms with E-state index in [1.165, 1.54) is 28.7 Å². The van der Waals surface area contributed by atoms with Crippen LogP contribution in [0.5, 0.6) is 0 Å². The van der Waals surface area contributed by atoms with E-state index in [1.807, 2.05) is 11.3 Å². The molecule has 2 aliphatic rings. The van der Waals surface area contributed by atoms with E-state index in [4.69, 9.17) is 10.7 Å². The highest BCUT2D eigenvalue weighted by Gasteiger charge is 2.44. The largest absolute Gasteiger partial charge is 0.383 e. The van der Waals surface area contributed by atoms with Gasteiger partial charge in [0.15, 0.2) is 0 Å². The molecule has 0 spiro atoms. The number of amides is 2. The quantitative estimate of drug-likeness (QED) is 0.268. The zero-order chi connectivity index (χ0) is 30.9. The molecule has 2 saturated heterocycles. The number of piperidine rings is 2. The summed E-state index contributed by atoms with van der Waals surface area (Å²) in [5.74, 6) is 0.181. The topological polar surface area (TPSA) is 117 Å². The van der Waals surface area contributed by atoms with E-state index >= 15 is 0 Å². The van der Waals surface area contributed by atoms with Crippen LogP contribution in [0.2, 0.25) is 0 Å². The highest BCUT2D eigenvalue weighted by atomic mass is 32.1. The number of fused-ring (bicyclic) bond motifs is 2. The standard InChI is InChI=1S/C17H24N2S.C16H19N5O2/c1-16(2)10-12(11-17(3,4)19(16)5)15-18-13-8-6-7-9-14(13)20-15;1-10-3-2-6-21(9-10)16(23)15(22)20-13-8-18-7-12-11(13)4-5-19-14(12)17/h6-9,12H,10-11H2,1-5H3;4-5,7-8,10H,2-3,6,9H2,1H3,(H2,17,19)(H,20,22). The highest BCUT2D eigenvalue weighted by Crippen LogP contribution is 2.46. The van der Waals surface area contributed by atoms with Crippen LogP contribution in [0.3, 0.4) is 0 Å². The van der Waals surface area contributed by atoms with Gasteiger partial charge in [-0.15, -0.1) is 11.3 Å². The van der Waals surface area contributed by atoms with Gasteiger partial charge in [0.05, 0.1) is 27.1 Å². The van der Waals surface area contributed by atoms with Crippen LogP contribution >= 0.6 is 11.3 Å². The molecule has 1 atom stereocenters. The van der Waals surface area contributed by atoms with E-state index in [0.29, 0.717) is 47.2 Å². The van der Waals surface area contributed by atoms with E-state index in [2.05, 4.69) is 86.1 Å². The summed E-state index contributed by atoms with van der Waals surface area (Å²) in [6.07, 6.45) is 9.04. The molecule has 0 aliphatic carbocycles. The van der Waals surface area contributed by atoms with Gasteiger partial charge in [-0.2, -0.15) is 0 Å². The Morgan fingerprint density at radius 3 is 2.47 bits per heavy atom. The number of pyridine rings is 2. The van der Waals surface area contributed by atoms with Crippen LogP contribution in [0, 0.1) is 5.92 Å². The molecule has 2 aliphatic heterocycles. The molecular weight excluding hydrogens is 558 g/mol. The van der Waals surface area contributed by atoms with Gasteiger partial charge < -0.3 is 16.0 Å². The maximum absolute atomic E-state index is 12.3. The van der Waals surface area contributed by atoms with Crippen LogP contribution in [-0.4, -0.2) is 67.8 Å². The van der Waals surface area contributed by atoms with Gasteiger partial charge in [-0.1, -0.05) is 19.1 Å². The lowest BCUT2D eigenvalue weighted by molar-refractivity contribution is -0.144. The third-order valence-electron chi connectivity index (χ3n) is 9.07. The first-order chi connectivity index (χ1) is 20.4. The molecule has 1 unspecified atom stereocenters. The Hall–Kier alpha value is -3.63. The third kappa shape index (κ3) is 6.65. The van der Waals surface area contributed by atoms with Gasteiger partial charge in [0.2, 0.25) is 0 Å². The number of thiazole rings is 1. The number of aromatic nitrogens is 3. The van der Waals surface area contributed by atoms with Gasteiger partial charge in [-0.25, -0.2) is 9.97 Å². The van der Waals surface area contributed by atoms with Gasteiger partial charge >= 0.3 is 11.8 Å². The van der Waals surface area contributed by atoms with Gasteiger partial charge in [-0.3, -0.25) is 19.5 Å².